The van der Waals surface area contributed by atoms with Crippen molar-refractivity contribution in [3.63, 3.8) is 0 Å². The number of hydrogen-bond acceptors (Lipinski definition) is 2. The fourth-order valence-electron chi connectivity index (χ4n) is 2.43. The molecule has 1 fully saturated rings. The summed E-state index contributed by atoms with van der Waals surface area (Å²) >= 11 is 0. The molecule has 2 atom stereocenters. The van der Waals surface area contributed by atoms with E-state index in [4.69, 9.17) is 0 Å². The average molecular weight is 160 g/mol. The molecule has 1 saturated heterocycles. The molecule has 2 heteroatoms. The minimum atomic E-state index is 0.604. The van der Waals surface area contributed by atoms with E-state index in [2.05, 4.69) is 16.4 Å². The number of hydrogen-bond donors (Lipinski definition) is 1. The first-order valence-electron chi connectivity index (χ1n) is 4.62. The molecule has 2 aliphatic heterocycles. The van der Waals surface area contributed by atoms with Gasteiger partial charge < -0.3 is 5.32 Å². The summed E-state index contributed by atoms with van der Waals surface area (Å²) in [5.41, 5.74) is 2.95. The summed E-state index contributed by atoms with van der Waals surface area (Å²) in [5.74, 6) is 0. The van der Waals surface area contributed by atoms with Crippen molar-refractivity contribution in [1.29, 1.82) is 0 Å². The quantitative estimate of drug-likeness (QED) is 0.621. The molecule has 1 aromatic rings. The van der Waals surface area contributed by atoms with Crippen LogP contribution in [-0.2, 0) is 6.42 Å². The third-order valence-corrected chi connectivity index (χ3v) is 3.03. The Balaban J connectivity index is 2.13. The second-order valence-corrected chi connectivity index (χ2v) is 3.77. The summed E-state index contributed by atoms with van der Waals surface area (Å²) in [6.07, 6.45) is 7.76. The molecular formula is C10H12N2. The second-order valence-electron chi connectivity index (χ2n) is 3.77. The zero-order valence-electron chi connectivity index (χ0n) is 6.96. The highest BCUT2D eigenvalue weighted by Gasteiger charge is 2.31. The molecule has 2 aliphatic rings. The number of pyridine rings is 1. The predicted molar refractivity (Wildman–Crippen MR) is 46.8 cm³/mol. The van der Waals surface area contributed by atoms with Crippen molar-refractivity contribution in [2.45, 2.75) is 31.3 Å². The van der Waals surface area contributed by atoms with Crippen LogP contribution in [0.25, 0.3) is 0 Å². The van der Waals surface area contributed by atoms with E-state index >= 15 is 0 Å². The Kier molecular flexibility index (Phi) is 1.27. The molecule has 1 aromatic heterocycles. The molecule has 0 radical (unpaired) electrons. The Morgan fingerprint density at radius 1 is 1.42 bits per heavy atom. The van der Waals surface area contributed by atoms with Crippen LogP contribution in [0.15, 0.2) is 18.5 Å². The molecule has 0 saturated carbocycles. The van der Waals surface area contributed by atoms with Crippen LogP contribution in [0.1, 0.15) is 30.0 Å². The van der Waals surface area contributed by atoms with Crippen molar-refractivity contribution in [1.82, 2.24) is 10.3 Å². The van der Waals surface area contributed by atoms with Gasteiger partial charge in [-0.15, -0.1) is 0 Å². The van der Waals surface area contributed by atoms with E-state index in [0.717, 1.165) is 6.04 Å². The summed E-state index contributed by atoms with van der Waals surface area (Å²) in [6.45, 7) is 0. The van der Waals surface area contributed by atoms with Crippen LogP contribution in [0, 0.1) is 0 Å². The molecule has 0 unspecified atom stereocenters. The van der Waals surface area contributed by atoms with E-state index in [9.17, 15) is 0 Å². The molecule has 2 nitrogen and oxygen atoms in total. The minimum Gasteiger partial charge on any atom is -0.307 e. The van der Waals surface area contributed by atoms with Crippen LogP contribution in [0.4, 0.5) is 0 Å². The molecule has 0 spiro atoms. The SMILES string of the molecule is c1cc2c(cn1)[C@@H]1CC[C@H](C2)N1. The number of nitrogens with zero attached hydrogens (tertiary/aromatic N) is 1. The fraction of sp³-hybridized carbons (Fsp3) is 0.500. The van der Waals surface area contributed by atoms with Gasteiger partial charge in [0.15, 0.2) is 0 Å². The van der Waals surface area contributed by atoms with Gasteiger partial charge in [0.25, 0.3) is 0 Å². The summed E-state index contributed by atoms with van der Waals surface area (Å²) in [5, 5.41) is 3.61. The van der Waals surface area contributed by atoms with Crippen LogP contribution >= 0.6 is 0 Å². The lowest BCUT2D eigenvalue weighted by molar-refractivity contribution is 0.513. The number of nitrogens with one attached hydrogen (secondary N) is 1. The highest BCUT2D eigenvalue weighted by Crippen LogP contribution is 2.34. The summed E-state index contributed by atoms with van der Waals surface area (Å²) in [6, 6.07) is 3.51. The van der Waals surface area contributed by atoms with Gasteiger partial charge in [0.2, 0.25) is 0 Å². The Bertz CT molecular complexity index is 308. The summed E-state index contributed by atoms with van der Waals surface area (Å²) in [4.78, 5) is 4.17. The number of fused-ring (bicyclic) bond motifs is 4. The summed E-state index contributed by atoms with van der Waals surface area (Å²) < 4.78 is 0. The summed E-state index contributed by atoms with van der Waals surface area (Å²) in [7, 11) is 0. The van der Waals surface area contributed by atoms with E-state index in [1.165, 1.54) is 30.4 Å². The Hall–Kier alpha value is -0.890. The van der Waals surface area contributed by atoms with Gasteiger partial charge in [-0.05, 0) is 36.5 Å². The first-order chi connectivity index (χ1) is 5.93. The lowest BCUT2D eigenvalue weighted by Crippen LogP contribution is -2.31. The topological polar surface area (TPSA) is 24.9 Å². The monoisotopic (exact) mass is 160 g/mol. The lowest BCUT2D eigenvalue weighted by Gasteiger charge is -2.23. The maximum atomic E-state index is 4.17. The first-order valence-corrected chi connectivity index (χ1v) is 4.62. The molecule has 0 aromatic carbocycles. The normalized spacial score (nSPS) is 31.7. The number of aromatic nitrogens is 1. The first kappa shape index (κ1) is 6.61. The predicted octanol–water partition coefficient (Wildman–Crippen LogP) is 1.43. The van der Waals surface area contributed by atoms with Crippen molar-refractivity contribution in [3.05, 3.63) is 29.6 Å². The van der Waals surface area contributed by atoms with Crippen LogP contribution < -0.4 is 5.32 Å². The van der Waals surface area contributed by atoms with Gasteiger partial charge in [-0.3, -0.25) is 4.98 Å². The van der Waals surface area contributed by atoms with E-state index in [-0.39, 0.29) is 0 Å². The number of rotatable bonds is 0. The minimum absolute atomic E-state index is 0.604. The van der Waals surface area contributed by atoms with Crippen LogP contribution in [-0.4, -0.2) is 11.0 Å². The van der Waals surface area contributed by atoms with Gasteiger partial charge in [-0.25, -0.2) is 0 Å². The Morgan fingerprint density at radius 3 is 3.42 bits per heavy atom. The van der Waals surface area contributed by atoms with Crippen molar-refractivity contribution in [3.8, 4) is 0 Å². The van der Waals surface area contributed by atoms with Crippen molar-refractivity contribution in [2.24, 2.45) is 0 Å². The van der Waals surface area contributed by atoms with Crippen molar-refractivity contribution >= 4 is 0 Å². The van der Waals surface area contributed by atoms with Gasteiger partial charge >= 0.3 is 0 Å². The molecule has 3 heterocycles. The van der Waals surface area contributed by atoms with Gasteiger partial charge in [0, 0.05) is 24.5 Å². The highest BCUT2D eigenvalue weighted by atomic mass is 15.0. The van der Waals surface area contributed by atoms with Crippen molar-refractivity contribution in [2.75, 3.05) is 0 Å². The van der Waals surface area contributed by atoms with Gasteiger partial charge in [-0.2, -0.15) is 0 Å². The largest absolute Gasteiger partial charge is 0.307 e. The Labute approximate surface area is 72.0 Å². The smallest absolute Gasteiger partial charge is 0.0341 e. The standard InChI is InChI=1S/C10H12N2/c1-2-10-9-6-11-4-3-7(9)5-8(1)12-10/h3-4,6,8,10,12H,1-2,5H2/t8-,10+/m1/s1. The third kappa shape index (κ3) is 0.815. The van der Waals surface area contributed by atoms with E-state index in [1.54, 1.807) is 0 Å². The fourth-order valence-corrected chi connectivity index (χ4v) is 2.43. The zero-order valence-corrected chi connectivity index (χ0v) is 6.96. The molecule has 12 heavy (non-hydrogen) atoms. The molecule has 62 valence electrons. The average Bonchev–Trinajstić information content (AvgIpc) is 2.49. The molecule has 2 bridgehead atoms. The molecule has 0 aliphatic carbocycles. The zero-order chi connectivity index (χ0) is 7.97. The third-order valence-electron chi connectivity index (χ3n) is 3.03. The van der Waals surface area contributed by atoms with Gasteiger partial charge in [0.1, 0.15) is 0 Å². The maximum absolute atomic E-state index is 4.17. The van der Waals surface area contributed by atoms with Gasteiger partial charge in [0.05, 0.1) is 0 Å². The molecule has 3 rings (SSSR count). The second kappa shape index (κ2) is 2.30. The maximum Gasteiger partial charge on any atom is 0.0341 e. The lowest BCUT2D eigenvalue weighted by atomic mass is 9.98. The van der Waals surface area contributed by atoms with Crippen LogP contribution in [0.3, 0.4) is 0 Å². The van der Waals surface area contributed by atoms with E-state index < -0.39 is 0 Å². The van der Waals surface area contributed by atoms with E-state index in [1.807, 2.05) is 12.4 Å². The Morgan fingerprint density at radius 2 is 2.42 bits per heavy atom. The highest BCUT2D eigenvalue weighted by molar-refractivity contribution is 5.32. The van der Waals surface area contributed by atoms with Crippen LogP contribution in [0.5, 0.6) is 0 Å². The molecule has 1 N–H and O–H groups in total. The molecular weight excluding hydrogens is 148 g/mol. The molecule has 0 amide bonds. The van der Waals surface area contributed by atoms with Gasteiger partial charge in [-0.1, -0.05) is 0 Å². The van der Waals surface area contributed by atoms with Crippen LogP contribution in [0.2, 0.25) is 0 Å². The van der Waals surface area contributed by atoms with Crippen molar-refractivity contribution < 1.29 is 0 Å². The van der Waals surface area contributed by atoms with E-state index in [0.29, 0.717) is 6.04 Å².